The molecule has 3 unspecified atom stereocenters. The number of nitrogens with zero attached hydrogens (tertiary/aromatic N) is 2. The van der Waals surface area contributed by atoms with Gasteiger partial charge in [0.25, 0.3) is 0 Å². The molecule has 3 saturated heterocycles. The Morgan fingerprint density at radius 2 is 1.83 bits per heavy atom. The molecule has 1 saturated carbocycles. The Kier molecular flexibility index (Phi) is 4.66. The van der Waals surface area contributed by atoms with Crippen LogP contribution in [0.2, 0.25) is 0 Å². The maximum absolute atomic E-state index is 12.7. The van der Waals surface area contributed by atoms with E-state index in [9.17, 15) is 9.59 Å². The number of rotatable bonds is 3. The topological polar surface area (TPSA) is 61.9 Å². The number of carbonyl (C=O) groups is 2. The second-order valence-electron chi connectivity index (χ2n) is 7.81. The lowest BCUT2D eigenvalue weighted by molar-refractivity contribution is -0.129. The van der Waals surface area contributed by atoms with Crippen LogP contribution in [0.3, 0.4) is 0 Å². The molecule has 6 heteroatoms. The van der Waals surface area contributed by atoms with Gasteiger partial charge in [0.1, 0.15) is 0 Å². The molecule has 134 valence electrons. The number of piperidine rings is 2. The van der Waals surface area contributed by atoms with Crippen LogP contribution in [0.15, 0.2) is 0 Å². The summed E-state index contributed by atoms with van der Waals surface area (Å²) in [7, 11) is 0. The fraction of sp³-hybridized carbons (Fsp3) is 0.889. The van der Waals surface area contributed by atoms with Gasteiger partial charge in [0.05, 0.1) is 24.3 Å². The van der Waals surface area contributed by atoms with Crippen LogP contribution in [0.25, 0.3) is 0 Å². The Morgan fingerprint density at radius 1 is 1.00 bits per heavy atom. The summed E-state index contributed by atoms with van der Waals surface area (Å²) in [4.78, 5) is 28.7. The highest BCUT2D eigenvalue weighted by molar-refractivity contribution is 5.82. The summed E-state index contributed by atoms with van der Waals surface area (Å²) in [6.07, 6.45) is 10.0. The third-order valence-corrected chi connectivity index (χ3v) is 6.14. The maximum Gasteiger partial charge on any atom is 0.317 e. The van der Waals surface area contributed by atoms with Crippen molar-refractivity contribution >= 4 is 11.9 Å². The molecule has 4 aliphatic rings. The van der Waals surface area contributed by atoms with Gasteiger partial charge in [-0.05, 0) is 51.4 Å². The lowest BCUT2D eigenvalue weighted by Gasteiger charge is -2.38. The van der Waals surface area contributed by atoms with Crippen LogP contribution in [0.1, 0.15) is 57.8 Å². The van der Waals surface area contributed by atoms with Crippen LogP contribution >= 0.6 is 0 Å². The first kappa shape index (κ1) is 16.2. The number of fused-ring (bicyclic) bond motifs is 1. The van der Waals surface area contributed by atoms with Crippen molar-refractivity contribution in [3.05, 3.63) is 0 Å². The van der Waals surface area contributed by atoms with E-state index in [0.717, 1.165) is 45.2 Å². The third-order valence-electron chi connectivity index (χ3n) is 6.14. The summed E-state index contributed by atoms with van der Waals surface area (Å²) in [5, 5.41) is 3.15. The Hall–Kier alpha value is -1.30. The average molecular weight is 335 g/mol. The van der Waals surface area contributed by atoms with Gasteiger partial charge in [0, 0.05) is 26.1 Å². The van der Waals surface area contributed by atoms with E-state index >= 15 is 0 Å². The molecule has 1 aliphatic carbocycles. The monoisotopic (exact) mass is 335 g/mol. The van der Waals surface area contributed by atoms with Gasteiger partial charge >= 0.3 is 6.03 Å². The number of nitrogens with one attached hydrogen (secondary N) is 1. The SMILES string of the molecule is O=C(NC1CC(=O)N2CCCCC12)N1CCCC(OC2CCC2)C1. The molecule has 0 radical (unpaired) electrons. The van der Waals surface area contributed by atoms with Gasteiger partial charge in [0.15, 0.2) is 0 Å². The second-order valence-corrected chi connectivity index (χ2v) is 7.81. The molecule has 0 bridgehead atoms. The third kappa shape index (κ3) is 3.25. The minimum absolute atomic E-state index is 0.0119. The van der Waals surface area contributed by atoms with Crippen LogP contribution < -0.4 is 5.32 Å². The van der Waals surface area contributed by atoms with Gasteiger partial charge in [-0.2, -0.15) is 0 Å². The highest BCUT2D eigenvalue weighted by atomic mass is 16.5. The molecular formula is C18H29N3O3. The van der Waals surface area contributed by atoms with E-state index in [1.54, 1.807) is 0 Å². The predicted octanol–water partition coefficient (Wildman–Crippen LogP) is 1.88. The molecule has 0 spiro atoms. The first-order valence-electron chi connectivity index (χ1n) is 9.71. The van der Waals surface area contributed by atoms with Crippen molar-refractivity contribution < 1.29 is 14.3 Å². The molecule has 3 atom stereocenters. The van der Waals surface area contributed by atoms with E-state index in [4.69, 9.17) is 4.74 Å². The van der Waals surface area contributed by atoms with Gasteiger partial charge in [-0.15, -0.1) is 0 Å². The van der Waals surface area contributed by atoms with Crippen molar-refractivity contribution in [2.45, 2.75) is 82.1 Å². The van der Waals surface area contributed by atoms with Crippen LogP contribution in [0.4, 0.5) is 4.79 Å². The van der Waals surface area contributed by atoms with Gasteiger partial charge in [-0.1, -0.05) is 0 Å². The minimum Gasteiger partial charge on any atom is -0.373 e. The number of ether oxygens (including phenoxy) is 1. The zero-order valence-corrected chi connectivity index (χ0v) is 14.4. The van der Waals surface area contributed by atoms with E-state index in [1.807, 2.05) is 9.80 Å². The second kappa shape index (κ2) is 6.90. The molecule has 3 aliphatic heterocycles. The molecule has 3 heterocycles. The number of carbonyl (C=O) groups excluding carboxylic acids is 2. The maximum atomic E-state index is 12.7. The van der Waals surface area contributed by atoms with Crippen molar-refractivity contribution in [1.29, 1.82) is 0 Å². The summed E-state index contributed by atoms with van der Waals surface area (Å²) in [5.74, 6) is 0.204. The van der Waals surface area contributed by atoms with Crippen molar-refractivity contribution in [2.24, 2.45) is 0 Å². The summed E-state index contributed by atoms with van der Waals surface area (Å²) < 4.78 is 6.10. The molecule has 0 aromatic heterocycles. The lowest BCUT2D eigenvalue weighted by Crippen LogP contribution is -2.54. The van der Waals surface area contributed by atoms with E-state index in [2.05, 4.69) is 5.32 Å². The average Bonchev–Trinajstić information content (AvgIpc) is 2.88. The number of likely N-dealkylation sites (tertiary alicyclic amines) is 1. The zero-order valence-electron chi connectivity index (χ0n) is 14.4. The Balaban J connectivity index is 1.31. The summed E-state index contributed by atoms with van der Waals surface area (Å²) in [6.45, 7) is 2.35. The van der Waals surface area contributed by atoms with Crippen LogP contribution in [0.5, 0.6) is 0 Å². The Morgan fingerprint density at radius 3 is 2.62 bits per heavy atom. The number of hydrogen-bond acceptors (Lipinski definition) is 3. The van der Waals surface area contributed by atoms with Crippen molar-refractivity contribution in [3.63, 3.8) is 0 Å². The fourth-order valence-electron chi connectivity index (χ4n) is 4.54. The van der Waals surface area contributed by atoms with Crippen molar-refractivity contribution in [2.75, 3.05) is 19.6 Å². The molecule has 4 rings (SSSR count). The zero-order chi connectivity index (χ0) is 16.5. The largest absolute Gasteiger partial charge is 0.373 e. The molecule has 0 aromatic carbocycles. The van der Waals surface area contributed by atoms with E-state index < -0.39 is 0 Å². The van der Waals surface area contributed by atoms with Crippen LogP contribution in [0, 0.1) is 0 Å². The Bertz CT molecular complexity index is 494. The van der Waals surface area contributed by atoms with Gasteiger partial charge in [0.2, 0.25) is 5.91 Å². The first-order valence-corrected chi connectivity index (χ1v) is 9.71. The van der Waals surface area contributed by atoms with E-state index in [-0.39, 0.29) is 30.1 Å². The summed E-state index contributed by atoms with van der Waals surface area (Å²) in [5.41, 5.74) is 0. The molecule has 6 nitrogen and oxygen atoms in total. The Labute approximate surface area is 143 Å². The summed E-state index contributed by atoms with van der Waals surface area (Å²) >= 11 is 0. The van der Waals surface area contributed by atoms with Crippen LogP contribution in [-0.2, 0) is 9.53 Å². The number of amides is 3. The van der Waals surface area contributed by atoms with Gasteiger partial charge < -0.3 is 19.9 Å². The molecular weight excluding hydrogens is 306 g/mol. The first-order chi connectivity index (χ1) is 11.7. The smallest absolute Gasteiger partial charge is 0.317 e. The highest BCUT2D eigenvalue weighted by Crippen LogP contribution is 2.29. The molecule has 1 N–H and O–H groups in total. The molecule has 4 fully saturated rings. The van der Waals surface area contributed by atoms with Crippen molar-refractivity contribution in [3.8, 4) is 0 Å². The summed E-state index contributed by atoms with van der Waals surface area (Å²) in [6, 6.07) is 0.183. The molecule has 0 aromatic rings. The van der Waals surface area contributed by atoms with Crippen LogP contribution in [-0.4, -0.2) is 65.7 Å². The fourth-order valence-corrected chi connectivity index (χ4v) is 4.54. The van der Waals surface area contributed by atoms with Gasteiger partial charge in [-0.3, -0.25) is 4.79 Å². The van der Waals surface area contributed by atoms with E-state index in [1.165, 1.54) is 19.3 Å². The molecule has 3 amide bonds. The molecule has 24 heavy (non-hydrogen) atoms. The normalized spacial score (nSPS) is 34.0. The van der Waals surface area contributed by atoms with Gasteiger partial charge in [-0.25, -0.2) is 4.79 Å². The predicted molar refractivity (Wildman–Crippen MR) is 89.6 cm³/mol. The quantitative estimate of drug-likeness (QED) is 0.857. The number of urea groups is 1. The number of hydrogen-bond donors (Lipinski definition) is 1. The lowest BCUT2D eigenvalue weighted by atomic mass is 9.95. The van der Waals surface area contributed by atoms with E-state index in [0.29, 0.717) is 19.1 Å². The van der Waals surface area contributed by atoms with Crippen molar-refractivity contribution in [1.82, 2.24) is 15.1 Å². The minimum atomic E-state index is -0.0155. The standard InChI is InChI=1S/C18H29N3O3/c22-17-11-15(16-8-1-2-10-21(16)17)19-18(23)20-9-4-7-14(12-20)24-13-5-3-6-13/h13-16H,1-12H2,(H,19,23). The highest BCUT2D eigenvalue weighted by Gasteiger charge is 2.42.